The third-order valence-electron chi connectivity index (χ3n) is 7.86. The first-order chi connectivity index (χ1) is 25.3. The van der Waals surface area contributed by atoms with Gasteiger partial charge in [-0.2, -0.15) is 0 Å². The maximum Gasteiger partial charge on any atom is 0.472 e. The van der Waals surface area contributed by atoms with E-state index in [9.17, 15) is 19.0 Å². The Morgan fingerprint density at radius 2 is 1.06 bits per heavy atom. The lowest BCUT2D eigenvalue weighted by Gasteiger charge is -2.19. The molecule has 0 aromatic rings. The van der Waals surface area contributed by atoms with Crippen molar-refractivity contribution in [3.8, 4) is 0 Å². The number of hydrogen-bond acceptors (Lipinski definition) is 8. The lowest BCUT2D eigenvalue weighted by molar-refractivity contribution is -0.161. The average Bonchev–Trinajstić information content (AvgIpc) is 3.13. The highest BCUT2D eigenvalue weighted by molar-refractivity contribution is 7.47. The molecular formula is C42H72NO8P. The Morgan fingerprint density at radius 3 is 1.58 bits per heavy atom. The smallest absolute Gasteiger partial charge is 0.462 e. The van der Waals surface area contributed by atoms with Crippen LogP contribution in [0.1, 0.15) is 149 Å². The predicted molar refractivity (Wildman–Crippen MR) is 215 cm³/mol. The molecule has 0 saturated heterocycles. The molecular weight excluding hydrogens is 677 g/mol. The molecule has 0 aromatic heterocycles. The number of carbonyl (C=O) groups excluding carboxylic acids is 2. The molecule has 0 fully saturated rings. The van der Waals surface area contributed by atoms with Crippen LogP contribution in [-0.2, 0) is 32.7 Å². The lowest BCUT2D eigenvalue weighted by Crippen LogP contribution is -2.29. The Balaban J connectivity index is 4.09. The van der Waals surface area contributed by atoms with Gasteiger partial charge in [0.2, 0.25) is 0 Å². The summed E-state index contributed by atoms with van der Waals surface area (Å²) in [5.74, 6) is -0.863. The zero-order valence-corrected chi connectivity index (χ0v) is 33.4. The van der Waals surface area contributed by atoms with E-state index < -0.39 is 32.5 Å². The fourth-order valence-electron chi connectivity index (χ4n) is 4.93. The molecule has 0 rings (SSSR count). The maximum absolute atomic E-state index is 12.5. The molecule has 298 valence electrons. The fraction of sp³-hybridized carbons (Fsp3) is 0.667. The van der Waals surface area contributed by atoms with Crippen molar-refractivity contribution in [3.63, 3.8) is 0 Å². The van der Waals surface area contributed by atoms with Crippen molar-refractivity contribution in [2.75, 3.05) is 26.4 Å². The van der Waals surface area contributed by atoms with Crippen LogP contribution in [0.15, 0.2) is 72.9 Å². The molecule has 3 N–H and O–H groups in total. The van der Waals surface area contributed by atoms with Crippen LogP contribution < -0.4 is 5.73 Å². The van der Waals surface area contributed by atoms with E-state index in [1.807, 2.05) is 0 Å². The van der Waals surface area contributed by atoms with Gasteiger partial charge in [0.15, 0.2) is 6.10 Å². The Hall–Kier alpha value is -2.55. The van der Waals surface area contributed by atoms with Crippen LogP contribution in [-0.4, -0.2) is 49.3 Å². The van der Waals surface area contributed by atoms with Crippen LogP contribution in [0.4, 0.5) is 0 Å². The number of allylic oxidation sites excluding steroid dienone is 12. The normalized spacial score (nSPS) is 14.2. The van der Waals surface area contributed by atoms with Gasteiger partial charge in [0.05, 0.1) is 13.2 Å². The third-order valence-corrected chi connectivity index (χ3v) is 8.84. The molecule has 2 atom stereocenters. The Kier molecular flexibility index (Phi) is 36.3. The van der Waals surface area contributed by atoms with Crippen molar-refractivity contribution in [1.29, 1.82) is 0 Å². The van der Waals surface area contributed by atoms with Crippen LogP contribution in [0, 0.1) is 0 Å². The molecule has 0 radical (unpaired) electrons. The number of carbonyl (C=O) groups is 2. The molecule has 0 heterocycles. The standard InChI is InChI=1S/C42H72NO8P/c1-3-5-7-9-11-12-13-14-15-16-17-18-19-20-21-22-23-24-25-26-27-28-29-31-33-35-42(45)51-40(39-50-52(46,47)49-37-36-43)38-48-41(44)34-32-30-10-8-6-4-2/h5,7,11-12,14-15,17-18,20-21,23-24,40H,3-4,6,8-10,13,16,19,22,25-39,43H2,1-2H3,(H,46,47)/b7-5-,12-11-,15-14-,18-17-,21-20-,24-23-. The summed E-state index contributed by atoms with van der Waals surface area (Å²) < 4.78 is 32.5. The Morgan fingerprint density at radius 1 is 0.596 bits per heavy atom. The van der Waals surface area contributed by atoms with Crippen molar-refractivity contribution in [1.82, 2.24) is 0 Å². The second-order valence-corrected chi connectivity index (χ2v) is 14.2. The molecule has 2 unspecified atom stereocenters. The monoisotopic (exact) mass is 749 g/mol. The summed E-state index contributed by atoms with van der Waals surface area (Å²) in [5, 5.41) is 0. The van der Waals surface area contributed by atoms with Crippen molar-refractivity contribution in [2.45, 2.75) is 155 Å². The number of unbranched alkanes of at least 4 members (excludes halogenated alkanes) is 11. The quantitative estimate of drug-likeness (QED) is 0.0278. The minimum atomic E-state index is -4.37. The summed E-state index contributed by atoms with van der Waals surface area (Å²) in [5.41, 5.74) is 5.32. The fourth-order valence-corrected chi connectivity index (χ4v) is 5.69. The zero-order valence-electron chi connectivity index (χ0n) is 32.5. The second kappa shape index (κ2) is 38.2. The first-order valence-corrected chi connectivity index (χ1v) is 21.4. The number of hydrogen-bond donors (Lipinski definition) is 2. The average molecular weight is 750 g/mol. The third kappa shape index (κ3) is 37.2. The van der Waals surface area contributed by atoms with Gasteiger partial charge < -0.3 is 20.1 Å². The topological polar surface area (TPSA) is 134 Å². The highest BCUT2D eigenvalue weighted by Crippen LogP contribution is 2.43. The van der Waals surface area contributed by atoms with Crippen LogP contribution in [0.5, 0.6) is 0 Å². The van der Waals surface area contributed by atoms with E-state index in [2.05, 4.69) is 86.8 Å². The number of nitrogens with two attached hydrogens (primary N) is 1. The Labute approximate surface area is 316 Å². The molecule has 10 heteroatoms. The first kappa shape index (κ1) is 49.5. The highest BCUT2D eigenvalue weighted by Gasteiger charge is 2.25. The molecule has 0 aliphatic heterocycles. The SMILES string of the molecule is CC/C=C\C/C=C\C/C=C\C/C=C\C/C=C\C/C=C\CCCCCCCCC(=O)OC(COC(=O)CCCCCCCC)COP(=O)(O)OCCN. The van der Waals surface area contributed by atoms with Gasteiger partial charge in [-0.15, -0.1) is 0 Å². The summed E-state index contributed by atoms with van der Waals surface area (Å²) >= 11 is 0. The number of phosphoric ester groups is 1. The molecule has 0 aromatic carbocycles. The second-order valence-electron chi connectivity index (χ2n) is 12.8. The maximum atomic E-state index is 12.5. The molecule has 52 heavy (non-hydrogen) atoms. The van der Waals surface area contributed by atoms with Crippen molar-refractivity contribution in [3.05, 3.63) is 72.9 Å². The Bertz CT molecular complexity index is 1080. The van der Waals surface area contributed by atoms with Crippen molar-refractivity contribution < 1.29 is 37.6 Å². The molecule has 9 nitrogen and oxygen atoms in total. The van der Waals surface area contributed by atoms with Gasteiger partial charge in [-0.1, -0.05) is 145 Å². The van der Waals surface area contributed by atoms with Crippen molar-refractivity contribution in [2.24, 2.45) is 5.73 Å². The largest absolute Gasteiger partial charge is 0.472 e. The molecule has 0 saturated carbocycles. The van der Waals surface area contributed by atoms with E-state index in [0.29, 0.717) is 6.42 Å². The van der Waals surface area contributed by atoms with E-state index in [4.69, 9.17) is 24.3 Å². The minimum absolute atomic E-state index is 0.0475. The molecule has 0 aliphatic carbocycles. The van der Waals surface area contributed by atoms with Gasteiger partial charge >= 0.3 is 19.8 Å². The van der Waals surface area contributed by atoms with Crippen LogP contribution in [0.3, 0.4) is 0 Å². The molecule has 0 aliphatic rings. The summed E-state index contributed by atoms with van der Waals surface area (Å²) in [6, 6.07) is 0. The minimum Gasteiger partial charge on any atom is -0.462 e. The van der Waals surface area contributed by atoms with Gasteiger partial charge in [0, 0.05) is 19.4 Å². The number of ether oxygens (including phenoxy) is 2. The molecule has 0 spiro atoms. The van der Waals surface area contributed by atoms with Gasteiger partial charge in [-0.3, -0.25) is 18.6 Å². The molecule has 0 amide bonds. The summed E-state index contributed by atoms with van der Waals surface area (Å²) in [7, 11) is -4.37. The van der Waals surface area contributed by atoms with Crippen LogP contribution in [0.25, 0.3) is 0 Å². The van der Waals surface area contributed by atoms with Crippen LogP contribution >= 0.6 is 7.82 Å². The van der Waals surface area contributed by atoms with E-state index in [1.54, 1.807) is 0 Å². The van der Waals surface area contributed by atoms with Crippen molar-refractivity contribution >= 4 is 19.8 Å². The summed E-state index contributed by atoms with van der Waals surface area (Å²) in [6.45, 7) is 3.50. The zero-order chi connectivity index (χ0) is 38.2. The number of phosphoric acid groups is 1. The lowest BCUT2D eigenvalue weighted by atomic mass is 10.1. The van der Waals surface area contributed by atoms with Gasteiger partial charge in [0.1, 0.15) is 6.61 Å². The van der Waals surface area contributed by atoms with E-state index in [-0.39, 0.29) is 32.6 Å². The van der Waals surface area contributed by atoms with Gasteiger partial charge in [-0.05, 0) is 64.2 Å². The number of esters is 2. The van der Waals surface area contributed by atoms with Gasteiger partial charge in [0.25, 0.3) is 0 Å². The van der Waals surface area contributed by atoms with E-state index in [1.165, 1.54) is 6.42 Å². The van der Waals surface area contributed by atoms with Gasteiger partial charge in [-0.25, -0.2) is 4.57 Å². The van der Waals surface area contributed by atoms with Crippen LogP contribution in [0.2, 0.25) is 0 Å². The van der Waals surface area contributed by atoms with E-state index >= 15 is 0 Å². The number of rotatable bonds is 36. The highest BCUT2D eigenvalue weighted by atomic mass is 31.2. The van der Waals surface area contributed by atoms with E-state index in [0.717, 1.165) is 109 Å². The summed E-state index contributed by atoms with van der Waals surface area (Å²) in [6.07, 6.45) is 45.4. The molecule has 0 bridgehead atoms. The first-order valence-electron chi connectivity index (χ1n) is 19.9. The predicted octanol–water partition coefficient (Wildman–Crippen LogP) is 11.1. The summed E-state index contributed by atoms with van der Waals surface area (Å²) in [4.78, 5) is 34.5.